The number of aryl methyl sites for hydroxylation is 1. The molecule has 1 heterocycles. The van der Waals surface area contributed by atoms with Crippen molar-refractivity contribution in [1.29, 1.82) is 0 Å². The maximum atomic E-state index is 12.4. The summed E-state index contributed by atoms with van der Waals surface area (Å²) >= 11 is 0. The first kappa shape index (κ1) is 18.8. The molecule has 0 spiro atoms. The topological polar surface area (TPSA) is 68.9 Å². The fourth-order valence-electron chi connectivity index (χ4n) is 2.62. The zero-order valence-electron chi connectivity index (χ0n) is 13.6. The van der Waals surface area contributed by atoms with Gasteiger partial charge < -0.3 is 19.0 Å². The first-order chi connectivity index (χ1) is 11.0. The molecule has 0 bridgehead atoms. The first-order valence-corrected chi connectivity index (χ1v) is 7.04. The monoisotopic (exact) mass is 539 g/mol. The van der Waals surface area contributed by atoms with Crippen LogP contribution in [0.15, 0.2) is 45.6 Å². The molecule has 0 aliphatic rings. The summed E-state index contributed by atoms with van der Waals surface area (Å²) in [6.07, 6.45) is 0. The minimum Gasteiger partial charge on any atom is -0.507 e. The second-order valence-corrected chi connectivity index (χ2v) is 5.13. The molecule has 0 saturated heterocycles. The van der Waals surface area contributed by atoms with E-state index < -0.39 is 5.63 Å². The Labute approximate surface area is 174 Å². The molecule has 0 amide bonds. The number of fused-ring (bicyclic) bond motifs is 1. The third-order valence-electron chi connectivity index (χ3n) is 3.85. The van der Waals surface area contributed by atoms with E-state index in [0.717, 1.165) is 10.9 Å². The average molecular weight is 539 g/mol. The normalized spacial score (nSPS) is 10.3. The summed E-state index contributed by atoms with van der Waals surface area (Å²) in [4.78, 5) is 12.4. The van der Waals surface area contributed by atoms with Gasteiger partial charge in [-0.15, -0.1) is 0 Å². The SMILES string of the molecule is COc1ccc(-c2c(C)c3ccc(OC)cc3oc2=O)c(O)c1.[Ac]. The number of ether oxygens (including phenoxy) is 2. The van der Waals surface area contributed by atoms with Gasteiger partial charge in [0.25, 0.3) is 0 Å². The van der Waals surface area contributed by atoms with Crippen LogP contribution in [0, 0.1) is 51.0 Å². The van der Waals surface area contributed by atoms with Crippen molar-refractivity contribution in [1.82, 2.24) is 0 Å². The smallest absolute Gasteiger partial charge is 0.344 e. The van der Waals surface area contributed by atoms with Gasteiger partial charge in [-0.1, -0.05) is 0 Å². The van der Waals surface area contributed by atoms with E-state index >= 15 is 0 Å². The van der Waals surface area contributed by atoms with E-state index in [1.807, 2.05) is 13.0 Å². The Morgan fingerprint density at radius 2 is 1.62 bits per heavy atom. The van der Waals surface area contributed by atoms with E-state index in [1.165, 1.54) is 13.2 Å². The Bertz CT molecular complexity index is 946. The molecule has 0 atom stereocenters. The number of aromatic hydroxyl groups is 1. The van der Waals surface area contributed by atoms with E-state index in [0.29, 0.717) is 28.2 Å². The molecule has 1 radical (unpaired) electrons. The van der Waals surface area contributed by atoms with Gasteiger partial charge in [-0.05, 0) is 36.8 Å². The molecule has 6 heteroatoms. The predicted octanol–water partition coefficient (Wildman–Crippen LogP) is 3.49. The zero-order chi connectivity index (χ0) is 16.6. The molecule has 121 valence electrons. The van der Waals surface area contributed by atoms with Crippen LogP contribution < -0.4 is 15.1 Å². The molecule has 0 aliphatic carbocycles. The van der Waals surface area contributed by atoms with Crippen LogP contribution in [0.5, 0.6) is 17.2 Å². The third-order valence-corrected chi connectivity index (χ3v) is 3.85. The standard InChI is InChI=1S/C18H16O5.Ac/c1-10-13-6-4-12(22-3)9-16(13)23-18(20)17(10)14-7-5-11(21-2)8-15(14)19;/h4-9,19H,1-3H3;. The molecule has 0 unspecified atom stereocenters. The molecule has 1 aromatic heterocycles. The Morgan fingerprint density at radius 3 is 2.25 bits per heavy atom. The minimum atomic E-state index is -0.510. The summed E-state index contributed by atoms with van der Waals surface area (Å²) in [5.41, 5.74) is 1.42. The Hall–Kier alpha value is -1.51. The van der Waals surface area contributed by atoms with Gasteiger partial charge in [0.05, 0.1) is 19.8 Å². The van der Waals surface area contributed by atoms with Crippen LogP contribution in [-0.2, 0) is 0 Å². The van der Waals surface area contributed by atoms with Crippen molar-refractivity contribution in [2.75, 3.05) is 14.2 Å². The summed E-state index contributed by atoms with van der Waals surface area (Å²) in [5, 5.41) is 11.0. The van der Waals surface area contributed by atoms with Gasteiger partial charge in [0.15, 0.2) is 0 Å². The molecule has 3 aromatic rings. The number of phenolic OH excluding ortho intramolecular Hbond substituents is 1. The van der Waals surface area contributed by atoms with Crippen molar-refractivity contribution in [3.63, 3.8) is 0 Å². The van der Waals surface area contributed by atoms with Gasteiger partial charge in [-0.3, -0.25) is 0 Å². The molecule has 0 aliphatic heterocycles. The van der Waals surface area contributed by atoms with Crippen LogP contribution in [0.3, 0.4) is 0 Å². The Balaban J connectivity index is 0.00000208. The molecule has 24 heavy (non-hydrogen) atoms. The van der Waals surface area contributed by atoms with E-state index in [-0.39, 0.29) is 49.8 Å². The van der Waals surface area contributed by atoms with Crippen molar-refractivity contribution in [3.8, 4) is 28.4 Å². The molecular formula is C18H16AcO5. The second kappa shape index (κ2) is 7.59. The fourth-order valence-corrected chi connectivity index (χ4v) is 2.62. The zero-order valence-corrected chi connectivity index (χ0v) is 18.4. The minimum absolute atomic E-state index is 0. The van der Waals surface area contributed by atoms with Crippen LogP contribution in [-0.4, -0.2) is 19.3 Å². The van der Waals surface area contributed by atoms with Crippen molar-refractivity contribution in [2.24, 2.45) is 0 Å². The van der Waals surface area contributed by atoms with E-state index in [2.05, 4.69) is 0 Å². The van der Waals surface area contributed by atoms with Crippen LogP contribution in [0.1, 0.15) is 5.56 Å². The van der Waals surface area contributed by atoms with Gasteiger partial charge >= 0.3 is 5.63 Å². The van der Waals surface area contributed by atoms with E-state index in [9.17, 15) is 9.90 Å². The molecule has 1 N–H and O–H groups in total. The number of benzene rings is 2. The van der Waals surface area contributed by atoms with Crippen molar-refractivity contribution >= 4 is 11.0 Å². The molecule has 5 nitrogen and oxygen atoms in total. The molecular weight excluding hydrogens is 523 g/mol. The number of hydrogen-bond donors (Lipinski definition) is 1. The maximum absolute atomic E-state index is 12.4. The molecule has 2 aromatic carbocycles. The van der Waals surface area contributed by atoms with Crippen molar-refractivity contribution < 1.29 is 63.1 Å². The predicted molar refractivity (Wildman–Crippen MR) is 87.4 cm³/mol. The number of rotatable bonds is 3. The largest absolute Gasteiger partial charge is 0.507 e. The van der Waals surface area contributed by atoms with Crippen LogP contribution in [0.4, 0.5) is 0 Å². The average Bonchev–Trinajstić information content (AvgIpc) is 2.55. The second-order valence-electron chi connectivity index (χ2n) is 5.13. The number of hydrogen-bond acceptors (Lipinski definition) is 5. The number of methoxy groups -OCH3 is 2. The molecule has 3 rings (SSSR count). The Kier molecular flexibility index (Phi) is 5.95. The summed E-state index contributed by atoms with van der Waals surface area (Å²) in [5.74, 6) is 1.09. The van der Waals surface area contributed by atoms with Gasteiger partial charge in [0, 0.05) is 67.1 Å². The van der Waals surface area contributed by atoms with Gasteiger partial charge in [0.2, 0.25) is 0 Å². The maximum Gasteiger partial charge on any atom is 0.344 e. The van der Waals surface area contributed by atoms with Crippen molar-refractivity contribution in [2.45, 2.75) is 6.92 Å². The van der Waals surface area contributed by atoms with Crippen molar-refractivity contribution in [3.05, 3.63) is 52.4 Å². The number of phenols is 1. The van der Waals surface area contributed by atoms with Crippen LogP contribution >= 0.6 is 0 Å². The van der Waals surface area contributed by atoms with Gasteiger partial charge in [-0.2, -0.15) is 0 Å². The fraction of sp³-hybridized carbons (Fsp3) is 0.167. The van der Waals surface area contributed by atoms with Gasteiger partial charge in [-0.25, -0.2) is 4.79 Å². The summed E-state index contributed by atoms with van der Waals surface area (Å²) in [6.45, 7) is 1.82. The quantitative estimate of drug-likeness (QED) is 0.517. The molecule has 0 fully saturated rings. The first-order valence-electron chi connectivity index (χ1n) is 7.04. The summed E-state index contributed by atoms with van der Waals surface area (Å²) in [7, 11) is 3.06. The molecule has 0 saturated carbocycles. The van der Waals surface area contributed by atoms with Gasteiger partial charge in [0.1, 0.15) is 22.8 Å². The Morgan fingerprint density at radius 1 is 1.00 bits per heavy atom. The van der Waals surface area contributed by atoms with E-state index in [1.54, 1.807) is 31.4 Å². The summed E-state index contributed by atoms with van der Waals surface area (Å²) in [6, 6.07) is 10.1. The van der Waals surface area contributed by atoms with Crippen LogP contribution in [0.25, 0.3) is 22.1 Å². The van der Waals surface area contributed by atoms with Crippen LogP contribution in [0.2, 0.25) is 0 Å². The van der Waals surface area contributed by atoms with E-state index in [4.69, 9.17) is 13.9 Å². The third kappa shape index (κ3) is 3.31. The summed E-state index contributed by atoms with van der Waals surface area (Å²) < 4.78 is 15.6.